The van der Waals surface area contributed by atoms with Crippen LogP contribution in [0.15, 0.2) is 0 Å². The van der Waals surface area contributed by atoms with Gasteiger partial charge in [-0.2, -0.15) is 0 Å². The van der Waals surface area contributed by atoms with Crippen molar-refractivity contribution in [3.8, 4) is 0 Å². The molecule has 0 fully saturated rings. The van der Waals surface area contributed by atoms with Gasteiger partial charge in [0.1, 0.15) is 6.17 Å². The third-order valence-electron chi connectivity index (χ3n) is 1.48. The van der Waals surface area contributed by atoms with E-state index in [1.54, 1.807) is 6.92 Å². The average molecular weight is 146 g/mol. The van der Waals surface area contributed by atoms with Crippen molar-refractivity contribution >= 4 is 18.7 Å². The molecule has 2 atom stereocenters. The first kappa shape index (κ1) is 9.34. The number of rotatable bonds is 4. The van der Waals surface area contributed by atoms with Crippen LogP contribution in [0.5, 0.6) is 0 Å². The van der Waals surface area contributed by atoms with Crippen LogP contribution in [-0.2, 0) is 0 Å². The first-order valence-electron chi connectivity index (χ1n) is 3.18. The van der Waals surface area contributed by atoms with Crippen molar-refractivity contribution in [3.05, 3.63) is 0 Å². The SMILES string of the molecule is [B]SC[C@H](CC)[C@@H](C)F. The molecule has 0 bridgehead atoms. The second kappa shape index (κ2) is 5.16. The van der Waals surface area contributed by atoms with Gasteiger partial charge >= 0.3 is 0 Å². The van der Waals surface area contributed by atoms with Crippen LogP contribution in [0, 0.1) is 5.92 Å². The zero-order valence-electron chi connectivity index (χ0n) is 5.93. The van der Waals surface area contributed by atoms with Gasteiger partial charge in [-0.15, -0.1) is 0 Å². The Morgan fingerprint density at radius 3 is 2.33 bits per heavy atom. The van der Waals surface area contributed by atoms with Crippen LogP contribution < -0.4 is 0 Å². The van der Waals surface area contributed by atoms with E-state index in [2.05, 4.69) is 0 Å². The number of alkyl halides is 1. The maximum Gasteiger partial charge on any atom is 0.161 e. The normalized spacial score (nSPS) is 17.2. The Bertz CT molecular complexity index is 68.1. The quantitative estimate of drug-likeness (QED) is 0.547. The lowest BCUT2D eigenvalue weighted by atomic mass is 10.1. The third-order valence-corrected chi connectivity index (χ3v) is 2.10. The van der Waals surface area contributed by atoms with Gasteiger partial charge in [0.2, 0.25) is 0 Å². The van der Waals surface area contributed by atoms with Crippen LogP contribution in [0.4, 0.5) is 4.39 Å². The van der Waals surface area contributed by atoms with Gasteiger partial charge in [-0.05, 0) is 25.0 Å². The molecule has 0 spiro atoms. The Morgan fingerprint density at radius 2 is 2.22 bits per heavy atom. The maximum atomic E-state index is 12.5. The van der Waals surface area contributed by atoms with E-state index in [-0.39, 0.29) is 5.92 Å². The Kier molecular flexibility index (Phi) is 5.35. The van der Waals surface area contributed by atoms with E-state index in [9.17, 15) is 4.39 Å². The van der Waals surface area contributed by atoms with Crippen LogP contribution in [0.25, 0.3) is 0 Å². The first-order valence-corrected chi connectivity index (χ1v) is 4.23. The third kappa shape index (κ3) is 3.85. The topological polar surface area (TPSA) is 0 Å². The predicted octanol–water partition coefficient (Wildman–Crippen LogP) is 2.19. The number of halogens is 1. The highest BCUT2D eigenvalue weighted by atomic mass is 32.2. The van der Waals surface area contributed by atoms with Gasteiger partial charge in [0.15, 0.2) is 7.12 Å². The highest BCUT2D eigenvalue weighted by Gasteiger charge is 2.12. The van der Waals surface area contributed by atoms with Crippen molar-refractivity contribution in [2.75, 3.05) is 5.75 Å². The molecule has 3 heteroatoms. The molecule has 0 N–H and O–H groups in total. The van der Waals surface area contributed by atoms with Gasteiger partial charge in [-0.25, -0.2) is 16.0 Å². The van der Waals surface area contributed by atoms with Crippen LogP contribution in [0.1, 0.15) is 20.3 Å². The molecule has 0 nitrogen and oxygen atoms in total. The smallest absolute Gasteiger partial charge is 0.161 e. The molecular weight excluding hydrogens is 134 g/mol. The van der Waals surface area contributed by atoms with Gasteiger partial charge in [-0.3, -0.25) is 0 Å². The second-order valence-electron chi connectivity index (χ2n) is 2.18. The molecule has 0 aromatic rings. The maximum absolute atomic E-state index is 12.5. The standard InChI is InChI=1S/C6H12BFS/c1-3-6(4-9-7)5(2)8/h5-6H,3-4H2,1-2H3/t5-,6+/m1/s1. The fraction of sp³-hybridized carbons (Fsp3) is 1.00. The summed E-state index contributed by atoms with van der Waals surface area (Å²) in [5.74, 6) is 0.869. The van der Waals surface area contributed by atoms with E-state index in [1.807, 2.05) is 6.92 Å². The Hall–Kier alpha value is 0.345. The minimum atomic E-state index is -0.717. The van der Waals surface area contributed by atoms with Crippen LogP contribution in [0.3, 0.4) is 0 Å². The van der Waals surface area contributed by atoms with E-state index in [1.165, 1.54) is 11.6 Å². The summed E-state index contributed by atoms with van der Waals surface area (Å²) in [6, 6.07) is 0. The molecular formula is C6H12BFS. The summed E-state index contributed by atoms with van der Waals surface area (Å²) in [5, 5.41) is 0. The Morgan fingerprint density at radius 1 is 1.67 bits per heavy atom. The van der Waals surface area contributed by atoms with E-state index >= 15 is 0 Å². The molecule has 0 heterocycles. The molecule has 0 aliphatic heterocycles. The summed E-state index contributed by atoms with van der Waals surface area (Å²) < 4.78 is 12.5. The van der Waals surface area contributed by atoms with E-state index in [4.69, 9.17) is 7.12 Å². The average Bonchev–Trinajstić information content (AvgIpc) is 1.82. The summed E-state index contributed by atoms with van der Waals surface area (Å²) in [6.45, 7) is 3.57. The molecule has 52 valence electrons. The number of hydrogen-bond donors (Lipinski definition) is 0. The van der Waals surface area contributed by atoms with Crippen LogP contribution >= 0.6 is 11.6 Å². The van der Waals surface area contributed by atoms with Gasteiger partial charge in [-0.1, -0.05) is 6.92 Å². The molecule has 9 heavy (non-hydrogen) atoms. The fourth-order valence-corrected chi connectivity index (χ4v) is 1.45. The highest BCUT2D eigenvalue weighted by Crippen LogP contribution is 2.15. The van der Waals surface area contributed by atoms with E-state index in [0.29, 0.717) is 0 Å². The second-order valence-corrected chi connectivity index (χ2v) is 2.85. The van der Waals surface area contributed by atoms with Crippen molar-refractivity contribution in [2.45, 2.75) is 26.4 Å². The highest BCUT2D eigenvalue weighted by molar-refractivity contribution is 8.19. The Labute approximate surface area is 61.9 Å². The van der Waals surface area contributed by atoms with Crippen molar-refractivity contribution in [3.63, 3.8) is 0 Å². The summed E-state index contributed by atoms with van der Waals surface area (Å²) >= 11 is 1.22. The molecule has 0 saturated heterocycles. The molecule has 0 rings (SSSR count). The number of hydrogen-bond acceptors (Lipinski definition) is 1. The summed E-state index contributed by atoms with van der Waals surface area (Å²) in [7, 11) is 5.19. The lowest BCUT2D eigenvalue weighted by molar-refractivity contribution is 0.263. The van der Waals surface area contributed by atoms with Gasteiger partial charge in [0.05, 0.1) is 0 Å². The van der Waals surface area contributed by atoms with Gasteiger partial charge in [0.25, 0.3) is 0 Å². The summed E-state index contributed by atoms with van der Waals surface area (Å²) in [6.07, 6.45) is 0.160. The molecule has 0 amide bonds. The minimum Gasteiger partial charge on any atom is -0.247 e. The largest absolute Gasteiger partial charge is 0.247 e. The zero-order valence-corrected chi connectivity index (χ0v) is 6.75. The first-order chi connectivity index (χ1) is 4.22. The fourth-order valence-electron chi connectivity index (χ4n) is 0.699. The van der Waals surface area contributed by atoms with Gasteiger partial charge < -0.3 is 0 Å². The van der Waals surface area contributed by atoms with Crippen molar-refractivity contribution < 1.29 is 4.39 Å². The predicted molar refractivity (Wildman–Crippen MR) is 42.6 cm³/mol. The minimum absolute atomic E-state index is 0.139. The lowest BCUT2D eigenvalue weighted by Crippen LogP contribution is -2.13. The molecule has 0 saturated carbocycles. The monoisotopic (exact) mass is 146 g/mol. The molecule has 0 unspecified atom stereocenters. The van der Waals surface area contributed by atoms with Crippen molar-refractivity contribution in [2.24, 2.45) is 5.92 Å². The van der Waals surface area contributed by atoms with Crippen LogP contribution in [0.2, 0.25) is 0 Å². The van der Waals surface area contributed by atoms with Crippen molar-refractivity contribution in [1.29, 1.82) is 0 Å². The molecule has 0 aromatic heterocycles. The van der Waals surface area contributed by atoms with Gasteiger partial charge in [0, 0.05) is 0 Å². The molecule has 0 aliphatic rings. The summed E-state index contributed by atoms with van der Waals surface area (Å²) in [5.41, 5.74) is 0. The van der Waals surface area contributed by atoms with E-state index < -0.39 is 6.17 Å². The summed E-state index contributed by atoms with van der Waals surface area (Å²) in [4.78, 5) is 0. The lowest BCUT2D eigenvalue weighted by Gasteiger charge is -2.13. The van der Waals surface area contributed by atoms with Crippen molar-refractivity contribution in [1.82, 2.24) is 0 Å². The molecule has 0 aliphatic carbocycles. The molecule has 0 aromatic carbocycles. The van der Waals surface area contributed by atoms with E-state index in [0.717, 1.165) is 12.2 Å². The zero-order chi connectivity index (χ0) is 7.28. The van der Waals surface area contributed by atoms with Crippen LogP contribution in [-0.4, -0.2) is 19.0 Å². The Balaban J connectivity index is 3.41. The molecule has 2 radical (unpaired) electrons.